The Morgan fingerprint density at radius 2 is 1.61 bits per heavy atom. The summed E-state index contributed by atoms with van der Waals surface area (Å²) in [5.74, 6) is -0.505. The first-order valence-electron chi connectivity index (χ1n) is 4.94. The van der Waals surface area contributed by atoms with Gasteiger partial charge >= 0.3 is 0 Å². The molecule has 2 rings (SSSR count). The molecule has 0 fully saturated rings. The van der Waals surface area contributed by atoms with Gasteiger partial charge in [0.05, 0.1) is 32.1 Å². The largest absolute Gasteiger partial charge is 0.396 e. The van der Waals surface area contributed by atoms with Gasteiger partial charge in [0.2, 0.25) is 0 Å². The molecule has 0 saturated heterocycles. The highest BCUT2D eigenvalue weighted by Gasteiger charge is 2.11. The number of hydrogen-bond acceptors (Lipinski definition) is 2. The first-order chi connectivity index (χ1) is 8.49. The molecule has 6 heteroatoms. The van der Waals surface area contributed by atoms with Gasteiger partial charge in [-0.3, -0.25) is 0 Å². The van der Waals surface area contributed by atoms with E-state index in [1.807, 2.05) is 0 Å². The minimum atomic E-state index is -0.505. The Balaban J connectivity index is 2.43. The molecule has 0 heterocycles. The van der Waals surface area contributed by atoms with Crippen molar-refractivity contribution in [2.24, 2.45) is 0 Å². The fraction of sp³-hybridized carbons (Fsp3) is 0. The summed E-state index contributed by atoms with van der Waals surface area (Å²) in [7, 11) is 0. The van der Waals surface area contributed by atoms with Gasteiger partial charge in [-0.25, -0.2) is 4.39 Å². The van der Waals surface area contributed by atoms with Crippen LogP contribution in [0.25, 0.3) is 0 Å². The Bertz CT molecular complexity index is 579. The molecule has 0 radical (unpaired) electrons. The number of para-hydroxylation sites is 1. The van der Waals surface area contributed by atoms with Crippen molar-refractivity contribution in [2.75, 3.05) is 11.1 Å². The number of rotatable bonds is 2. The predicted octanol–water partition coefficient (Wildman–Crippen LogP) is 5.11. The summed E-state index contributed by atoms with van der Waals surface area (Å²) in [5.41, 5.74) is 7.11. The van der Waals surface area contributed by atoms with Gasteiger partial charge in [0.25, 0.3) is 0 Å². The zero-order chi connectivity index (χ0) is 13.3. The fourth-order valence-corrected chi connectivity index (χ4v) is 2.17. The molecule has 0 aliphatic heterocycles. The molecule has 0 bridgehead atoms. The molecule has 0 amide bonds. The highest BCUT2D eigenvalue weighted by molar-refractivity contribution is 6.39. The van der Waals surface area contributed by atoms with Gasteiger partial charge in [0, 0.05) is 0 Å². The fourth-order valence-electron chi connectivity index (χ4n) is 1.44. The average molecular weight is 306 g/mol. The van der Waals surface area contributed by atoms with Crippen LogP contribution in [0.4, 0.5) is 21.5 Å². The van der Waals surface area contributed by atoms with Crippen LogP contribution in [0, 0.1) is 5.82 Å². The number of nitrogens with one attached hydrogen (secondary N) is 1. The molecule has 0 aliphatic carbocycles. The summed E-state index contributed by atoms with van der Waals surface area (Å²) in [6.07, 6.45) is 0. The van der Waals surface area contributed by atoms with Crippen molar-refractivity contribution < 1.29 is 4.39 Å². The third-order valence-electron chi connectivity index (χ3n) is 2.32. The standard InChI is InChI=1S/C12H8Cl3FN2/c13-7-2-1-3-10(11(7)17)18-12-8(14)4-6(16)5-9(12)15/h1-5,18H,17H2. The third kappa shape index (κ3) is 2.64. The van der Waals surface area contributed by atoms with E-state index >= 15 is 0 Å². The lowest BCUT2D eigenvalue weighted by Gasteiger charge is -2.13. The summed E-state index contributed by atoms with van der Waals surface area (Å²) in [5, 5.41) is 3.68. The van der Waals surface area contributed by atoms with Crippen LogP contribution in [0.1, 0.15) is 0 Å². The van der Waals surface area contributed by atoms with Crippen molar-refractivity contribution in [3.05, 3.63) is 51.2 Å². The van der Waals surface area contributed by atoms with Crippen LogP contribution in [-0.2, 0) is 0 Å². The quantitative estimate of drug-likeness (QED) is 0.756. The van der Waals surface area contributed by atoms with Gasteiger partial charge in [-0.1, -0.05) is 40.9 Å². The number of benzene rings is 2. The third-order valence-corrected chi connectivity index (χ3v) is 3.25. The first kappa shape index (κ1) is 13.3. The number of halogens is 4. The van der Waals surface area contributed by atoms with Crippen molar-refractivity contribution in [3.8, 4) is 0 Å². The lowest BCUT2D eigenvalue weighted by molar-refractivity contribution is 0.628. The lowest BCUT2D eigenvalue weighted by Crippen LogP contribution is -1.98. The van der Waals surface area contributed by atoms with E-state index in [0.717, 1.165) is 12.1 Å². The highest BCUT2D eigenvalue weighted by Crippen LogP contribution is 2.36. The van der Waals surface area contributed by atoms with E-state index in [1.165, 1.54) is 0 Å². The Labute approximate surface area is 118 Å². The summed E-state index contributed by atoms with van der Waals surface area (Å²) in [6.45, 7) is 0. The maximum absolute atomic E-state index is 13.0. The second-order valence-electron chi connectivity index (χ2n) is 3.57. The van der Waals surface area contributed by atoms with E-state index in [1.54, 1.807) is 18.2 Å². The van der Waals surface area contributed by atoms with Gasteiger partial charge in [0.1, 0.15) is 5.82 Å². The normalized spacial score (nSPS) is 10.4. The smallest absolute Gasteiger partial charge is 0.126 e. The van der Waals surface area contributed by atoms with E-state index < -0.39 is 5.82 Å². The van der Waals surface area contributed by atoms with Crippen LogP contribution in [0.5, 0.6) is 0 Å². The maximum atomic E-state index is 13.0. The van der Waals surface area contributed by atoms with Crippen LogP contribution < -0.4 is 11.1 Å². The monoisotopic (exact) mass is 304 g/mol. The van der Waals surface area contributed by atoms with Crippen LogP contribution in [0.15, 0.2) is 30.3 Å². The Morgan fingerprint density at radius 3 is 2.22 bits per heavy atom. The van der Waals surface area contributed by atoms with Crippen LogP contribution in [0.2, 0.25) is 15.1 Å². The number of anilines is 3. The van der Waals surface area contributed by atoms with Gasteiger partial charge in [0.15, 0.2) is 0 Å². The van der Waals surface area contributed by atoms with Crippen molar-refractivity contribution in [1.82, 2.24) is 0 Å². The van der Waals surface area contributed by atoms with E-state index in [-0.39, 0.29) is 10.0 Å². The zero-order valence-electron chi connectivity index (χ0n) is 8.98. The van der Waals surface area contributed by atoms with Crippen molar-refractivity contribution >= 4 is 51.9 Å². The first-order valence-corrected chi connectivity index (χ1v) is 6.08. The molecule has 18 heavy (non-hydrogen) atoms. The predicted molar refractivity (Wildman–Crippen MR) is 75.6 cm³/mol. The Morgan fingerprint density at radius 1 is 1.00 bits per heavy atom. The number of nitrogen functional groups attached to an aromatic ring is 1. The van der Waals surface area contributed by atoms with E-state index in [0.29, 0.717) is 22.1 Å². The van der Waals surface area contributed by atoms with Crippen molar-refractivity contribution in [3.63, 3.8) is 0 Å². The molecule has 2 aromatic carbocycles. The number of nitrogens with two attached hydrogens (primary N) is 1. The molecule has 2 nitrogen and oxygen atoms in total. The van der Waals surface area contributed by atoms with Crippen molar-refractivity contribution in [2.45, 2.75) is 0 Å². The lowest BCUT2D eigenvalue weighted by atomic mass is 10.2. The molecular formula is C12H8Cl3FN2. The molecule has 3 N–H and O–H groups in total. The SMILES string of the molecule is Nc1c(Cl)cccc1Nc1c(Cl)cc(F)cc1Cl. The number of hydrogen-bond donors (Lipinski definition) is 2. The van der Waals surface area contributed by atoms with Gasteiger partial charge < -0.3 is 11.1 Å². The molecular weight excluding hydrogens is 298 g/mol. The summed E-state index contributed by atoms with van der Waals surface area (Å²) >= 11 is 17.7. The Kier molecular flexibility index (Phi) is 3.85. The van der Waals surface area contributed by atoms with Crippen LogP contribution >= 0.6 is 34.8 Å². The van der Waals surface area contributed by atoms with Gasteiger partial charge in [-0.05, 0) is 24.3 Å². The molecule has 0 aliphatic rings. The second-order valence-corrected chi connectivity index (χ2v) is 4.79. The highest BCUT2D eigenvalue weighted by atomic mass is 35.5. The molecule has 0 unspecified atom stereocenters. The van der Waals surface area contributed by atoms with Crippen molar-refractivity contribution in [1.29, 1.82) is 0 Å². The van der Waals surface area contributed by atoms with E-state index in [2.05, 4.69) is 5.32 Å². The molecule has 2 aromatic rings. The summed E-state index contributed by atoms with van der Waals surface area (Å²) < 4.78 is 13.0. The summed E-state index contributed by atoms with van der Waals surface area (Å²) in [6, 6.07) is 7.44. The minimum absolute atomic E-state index is 0.166. The van der Waals surface area contributed by atoms with Crippen LogP contribution in [0.3, 0.4) is 0 Å². The molecule has 0 atom stereocenters. The van der Waals surface area contributed by atoms with Crippen LogP contribution in [-0.4, -0.2) is 0 Å². The zero-order valence-corrected chi connectivity index (χ0v) is 11.2. The summed E-state index contributed by atoms with van der Waals surface area (Å²) in [4.78, 5) is 0. The molecule has 94 valence electrons. The topological polar surface area (TPSA) is 38.0 Å². The van der Waals surface area contributed by atoms with Gasteiger partial charge in [-0.15, -0.1) is 0 Å². The Hall–Kier alpha value is -1.16. The minimum Gasteiger partial charge on any atom is -0.396 e. The molecule has 0 aromatic heterocycles. The van der Waals surface area contributed by atoms with E-state index in [4.69, 9.17) is 40.5 Å². The van der Waals surface area contributed by atoms with Gasteiger partial charge in [-0.2, -0.15) is 0 Å². The second kappa shape index (κ2) is 5.22. The molecule has 0 saturated carbocycles. The maximum Gasteiger partial charge on any atom is 0.126 e. The molecule has 0 spiro atoms. The van der Waals surface area contributed by atoms with E-state index in [9.17, 15) is 4.39 Å². The average Bonchev–Trinajstić information content (AvgIpc) is 2.28.